The van der Waals surface area contributed by atoms with E-state index in [0.29, 0.717) is 12.0 Å². The zero-order valence-corrected chi connectivity index (χ0v) is 10.8. The van der Waals surface area contributed by atoms with Crippen molar-refractivity contribution >= 4 is 17.7 Å². The summed E-state index contributed by atoms with van der Waals surface area (Å²) in [6.07, 6.45) is 1.92. The first kappa shape index (κ1) is 13.2. The minimum Gasteiger partial charge on any atom is -0.317 e. The lowest BCUT2D eigenvalue weighted by Crippen LogP contribution is -2.59. The highest BCUT2D eigenvalue weighted by molar-refractivity contribution is 6.07. The van der Waals surface area contributed by atoms with Gasteiger partial charge in [0.25, 0.3) is 5.91 Å². The van der Waals surface area contributed by atoms with Gasteiger partial charge in [-0.15, -0.1) is 0 Å². The van der Waals surface area contributed by atoms with E-state index in [-0.39, 0.29) is 12.5 Å². The van der Waals surface area contributed by atoms with Crippen LogP contribution in [-0.2, 0) is 9.59 Å². The number of aryl methyl sites for hydroxylation is 1. The minimum atomic E-state index is -0.605. The molecule has 1 aliphatic rings. The Kier molecular flexibility index (Phi) is 3.59. The molecule has 19 heavy (non-hydrogen) atoms. The summed E-state index contributed by atoms with van der Waals surface area (Å²) < 4.78 is 0. The normalized spacial score (nSPS) is 19.3. The summed E-state index contributed by atoms with van der Waals surface area (Å²) in [5.74, 6) is -1.22. The average molecular weight is 261 g/mol. The zero-order chi connectivity index (χ0) is 14.0. The van der Waals surface area contributed by atoms with E-state index in [1.165, 1.54) is 11.1 Å². The van der Waals surface area contributed by atoms with E-state index in [2.05, 4.69) is 10.3 Å². The van der Waals surface area contributed by atoms with Crippen LogP contribution < -0.4 is 5.32 Å². The molecule has 2 rings (SSSR count). The number of hydrogen-bond acceptors (Lipinski definition) is 4. The molecule has 1 aromatic rings. The van der Waals surface area contributed by atoms with Gasteiger partial charge < -0.3 is 4.90 Å². The van der Waals surface area contributed by atoms with E-state index < -0.39 is 17.9 Å². The molecule has 0 spiro atoms. The van der Waals surface area contributed by atoms with Crippen molar-refractivity contribution in [2.24, 2.45) is 0 Å². The summed E-state index contributed by atoms with van der Waals surface area (Å²) >= 11 is 0. The van der Waals surface area contributed by atoms with E-state index in [1.807, 2.05) is 6.92 Å². The third-order valence-electron chi connectivity index (χ3n) is 3.06. The molecule has 1 atom stereocenters. The topological polar surface area (TPSA) is 79.4 Å². The van der Waals surface area contributed by atoms with Crippen molar-refractivity contribution in [3.63, 3.8) is 0 Å². The first-order valence-corrected chi connectivity index (χ1v) is 6.10. The number of amides is 3. The molecule has 1 saturated heterocycles. The van der Waals surface area contributed by atoms with Gasteiger partial charge in [0, 0.05) is 11.9 Å². The number of carbonyl (C=O) groups excluding carboxylic acids is 3. The molecule has 0 radical (unpaired) electrons. The highest BCUT2D eigenvalue weighted by Gasteiger charge is 2.35. The molecule has 1 N–H and O–H groups in total. The first-order valence-electron chi connectivity index (χ1n) is 6.10. The van der Waals surface area contributed by atoms with Gasteiger partial charge in [0.05, 0.1) is 5.56 Å². The number of nitrogens with zero attached hydrogens (tertiary/aromatic N) is 2. The Labute approximate surface area is 110 Å². The van der Waals surface area contributed by atoms with Crippen LogP contribution >= 0.6 is 0 Å². The Bertz CT molecular complexity index is 524. The number of rotatable bonds is 2. The Hall–Kier alpha value is -2.24. The van der Waals surface area contributed by atoms with Crippen LogP contribution in [0.5, 0.6) is 0 Å². The SMILES string of the molecule is CCC1C(=O)NC(=O)CN1C(=O)c1ccc(C)nc1. The van der Waals surface area contributed by atoms with Crippen LogP contribution in [0.4, 0.5) is 0 Å². The second-order valence-electron chi connectivity index (χ2n) is 4.46. The summed E-state index contributed by atoms with van der Waals surface area (Å²) in [6.45, 7) is 3.52. The fraction of sp³-hybridized carbons (Fsp3) is 0.385. The van der Waals surface area contributed by atoms with Crippen LogP contribution in [0.3, 0.4) is 0 Å². The summed E-state index contributed by atoms with van der Waals surface area (Å²) in [5, 5.41) is 2.24. The largest absolute Gasteiger partial charge is 0.317 e. The zero-order valence-electron chi connectivity index (χ0n) is 10.8. The third kappa shape index (κ3) is 2.62. The number of aromatic nitrogens is 1. The van der Waals surface area contributed by atoms with Crippen LogP contribution in [0.25, 0.3) is 0 Å². The molecular weight excluding hydrogens is 246 g/mol. The van der Waals surface area contributed by atoms with Gasteiger partial charge in [-0.05, 0) is 25.5 Å². The van der Waals surface area contributed by atoms with Crippen molar-refractivity contribution in [1.82, 2.24) is 15.2 Å². The predicted molar refractivity (Wildman–Crippen MR) is 67.2 cm³/mol. The van der Waals surface area contributed by atoms with Crippen LogP contribution in [0.2, 0.25) is 0 Å². The third-order valence-corrected chi connectivity index (χ3v) is 3.06. The molecule has 0 saturated carbocycles. The van der Waals surface area contributed by atoms with Crippen molar-refractivity contribution in [1.29, 1.82) is 0 Å². The lowest BCUT2D eigenvalue weighted by molar-refractivity contribution is -0.138. The highest BCUT2D eigenvalue weighted by Crippen LogP contribution is 2.13. The maximum absolute atomic E-state index is 12.3. The minimum absolute atomic E-state index is 0.100. The van der Waals surface area contributed by atoms with Crippen LogP contribution in [-0.4, -0.2) is 40.2 Å². The van der Waals surface area contributed by atoms with Gasteiger partial charge in [-0.25, -0.2) is 0 Å². The lowest BCUT2D eigenvalue weighted by Gasteiger charge is -2.33. The molecule has 100 valence electrons. The van der Waals surface area contributed by atoms with Crippen molar-refractivity contribution in [3.05, 3.63) is 29.6 Å². The maximum Gasteiger partial charge on any atom is 0.256 e. The Morgan fingerprint density at radius 3 is 2.79 bits per heavy atom. The van der Waals surface area contributed by atoms with Crippen LogP contribution in [0.15, 0.2) is 18.3 Å². The van der Waals surface area contributed by atoms with Crippen LogP contribution in [0.1, 0.15) is 29.4 Å². The van der Waals surface area contributed by atoms with Crippen molar-refractivity contribution < 1.29 is 14.4 Å². The number of pyridine rings is 1. The predicted octanol–water partition coefficient (Wildman–Crippen LogP) is 0.267. The molecule has 0 aliphatic carbocycles. The monoisotopic (exact) mass is 261 g/mol. The standard InChI is InChI=1S/C13H15N3O3/c1-3-10-12(18)15-11(17)7-16(10)13(19)9-5-4-8(2)14-6-9/h4-6,10H,3,7H2,1-2H3,(H,15,17,18). The van der Waals surface area contributed by atoms with Gasteiger partial charge in [-0.1, -0.05) is 6.92 Å². The van der Waals surface area contributed by atoms with Gasteiger partial charge >= 0.3 is 0 Å². The first-order chi connectivity index (χ1) is 9.02. The van der Waals surface area contributed by atoms with E-state index in [0.717, 1.165) is 5.69 Å². The Morgan fingerprint density at radius 1 is 1.47 bits per heavy atom. The highest BCUT2D eigenvalue weighted by atomic mass is 16.2. The van der Waals surface area contributed by atoms with E-state index >= 15 is 0 Å². The number of hydrogen-bond donors (Lipinski definition) is 1. The number of nitrogens with one attached hydrogen (secondary N) is 1. The van der Waals surface area contributed by atoms with Crippen molar-refractivity contribution in [3.8, 4) is 0 Å². The molecule has 0 aromatic carbocycles. The fourth-order valence-electron chi connectivity index (χ4n) is 2.05. The average Bonchev–Trinajstić information content (AvgIpc) is 2.38. The number of imide groups is 1. The van der Waals surface area contributed by atoms with Gasteiger partial charge in [0.2, 0.25) is 11.8 Å². The number of carbonyl (C=O) groups is 3. The lowest BCUT2D eigenvalue weighted by atomic mass is 10.1. The summed E-state index contributed by atoms with van der Waals surface area (Å²) in [6, 6.07) is 2.76. The molecule has 6 heteroatoms. The van der Waals surface area contributed by atoms with Crippen molar-refractivity contribution in [2.45, 2.75) is 26.3 Å². The summed E-state index contributed by atoms with van der Waals surface area (Å²) in [4.78, 5) is 40.8. The molecule has 1 fully saturated rings. The smallest absolute Gasteiger partial charge is 0.256 e. The summed E-state index contributed by atoms with van der Waals surface area (Å²) in [5.41, 5.74) is 1.18. The van der Waals surface area contributed by atoms with E-state index in [1.54, 1.807) is 19.1 Å². The fourth-order valence-corrected chi connectivity index (χ4v) is 2.05. The van der Waals surface area contributed by atoms with Crippen molar-refractivity contribution in [2.75, 3.05) is 6.54 Å². The molecule has 1 aromatic heterocycles. The van der Waals surface area contributed by atoms with Gasteiger partial charge in [-0.3, -0.25) is 24.7 Å². The van der Waals surface area contributed by atoms with Crippen LogP contribution in [0, 0.1) is 6.92 Å². The van der Waals surface area contributed by atoms with Gasteiger partial charge in [0.1, 0.15) is 12.6 Å². The molecule has 1 aliphatic heterocycles. The Balaban J connectivity index is 2.27. The molecule has 2 heterocycles. The van der Waals surface area contributed by atoms with E-state index in [9.17, 15) is 14.4 Å². The van der Waals surface area contributed by atoms with E-state index in [4.69, 9.17) is 0 Å². The summed E-state index contributed by atoms with van der Waals surface area (Å²) in [7, 11) is 0. The maximum atomic E-state index is 12.3. The quantitative estimate of drug-likeness (QED) is 0.775. The second-order valence-corrected chi connectivity index (χ2v) is 4.46. The Morgan fingerprint density at radius 2 is 2.21 bits per heavy atom. The molecule has 0 bridgehead atoms. The molecular formula is C13H15N3O3. The second kappa shape index (κ2) is 5.17. The molecule has 1 unspecified atom stereocenters. The van der Waals surface area contributed by atoms with Gasteiger partial charge in [-0.2, -0.15) is 0 Å². The molecule has 3 amide bonds. The number of piperazine rings is 1. The van der Waals surface area contributed by atoms with Gasteiger partial charge in [0.15, 0.2) is 0 Å². The molecule has 6 nitrogen and oxygen atoms in total.